The fourth-order valence-electron chi connectivity index (χ4n) is 2.67. The molecule has 1 aliphatic rings. The van der Waals surface area contributed by atoms with Gasteiger partial charge in [-0.05, 0) is 17.4 Å². The zero-order valence-electron chi connectivity index (χ0n) is 12.7. The molecule has 0 bridgehead atoms. The van der Waals surface area contributed by atoms with Crippen LogP contribution in [0.1, 0.15) is 38.8 Å². The highest BCUT2D eigenvalue weighted by Gasteiger charge is 2.37. The van der Waals surface area contributed by atoms with Crippen LogP contribution in [-0.2, 0) is 4.79 Å². The van der Waals surface area contributed by atoms with Crippen LogP contribution >= 0.6 is 0 Å². The number of benzene rings is 1. The van der Waals surface area contributed by atoms with Crippen molar-refractivity contribution in [2.24, 2.45) is 17.1 Å². The maximum absolute atomic E-state index is 13.7. The maximum Gasteiger partial charge on any atom is 0.223 e. The molecule has 2 atom stereocenters. The van der Waals surface area contributed by atoms with Crippen LogP contribution in [0.2, 0.25) is 0 Å². The highest BCUT2D eigenvalue weighted by molar-refractivity contribution is 5.78. The number of halogens is 2. The molecule has 1 aromatic carbocycles. The summed E-state index contributed by atoms with van der Waals surface area (Å²) >= 11 is 0. The molecule has 1 heterocycles. The minimum absolute atomic E-state index is 0.0490. The minimum Gasteiger partial charge on any atom is -0.340 e. The Hall–Kier alpha value is -1.49. The molecule has 0 aromatic heterocycles. The van der Waals surface area contributed by atoms with Crippen molar-refractivity contribution in [3.8, 4) is 0 Å². The number of rotatable bonds is 3. The first-order valence-electron chi connectivity index (χ1n) is 7.17. The Balaban J connectivity index is 2.06. The number of amides is 1. The standard InChI is InChI=1S/C16H22F2N2O/c1-16(2,3)10-6-15(21)20(8-10)9-14(19)12-5-4-11(17)7-13(12)18/h4-5,7,10,14H,6,8-9,19H2,1-3H3. The Morgan fingerprint density at radius 3 is 2.57 bits per heavy atom. The van der Waals surface area contributed by atoms with E-state index in [1.807, 2.05) is 0 Å². The highest BCUT2D eigenvalue weighted by atomic mass is 19.1. The third-order valence-electron chi connectivity index (χ3n) is 4.22. The van der Waals surface area contributed by atoms with Gasteiger partial charge in [0, 0.05) is 31.1 Å². The lowest BCUT2D eigenvalue weighted by Gasteiger charge is -2.27. The van der Waals surface area contributed by atoms with Crippen LogP contribution in [0.5, 0.6) is 0 Å². The number of carbonyl (C=O) groups is 1. The smallest absolute Gasteiger partial charge is 0.223 e. The first-order chi connectivity index (χ1) is 9.68. The van der Waals surface area contributed by atoms with Crippen molar-refractivity contribution in [2.45, 2.75) is 33.2 Å². The molecular formula is C16H22F2N2O. The summed E-state index contributed by atoms with van der Waals surface area (Å²) in [6.45, 7) is 7.21. The summed E-state index contributed by atoms with van der Waals surface area (Å²) in [5, 5.41) is 0. The summed E-state index contributed by atoms with van der Waals surface area (Å²) in [6, 6.07) is 2.70. The second-order valence-corrected chi connectivity index (χ2v) is 6.84. The van der Waals surface area contributed by atoms with E-state index in [2.05, 4.69) is 20.8 Å². The lowest BCUT2D eigenvalue weighted by Crippen LogP contribution is -2.34. The molecule has 0 radical (unpaired) electrons. The van der Waals surface area contributed by atoms with Crippen molar-refractivity contribution >= 4 is 5.91 Å². The summed E-state index contributed by atoms with van der Waals surface area (Å²) in [5.74, 6) is -0.974. The Kier molecular flexibility index (Phi) is 4.33. The van der Waals surface area contributed by atoms with Gasteiger partial charge in [-0.25, -0.2) is 8.78 Å². The largest absolute Gasteiger partial charge is 0.340 e. The molecule has 0 aliphatic carbocycles. The van der Waals surface area contributed by atoms with Crippen LogP contribution in [0.25, 0.3) is 0 Å². The topological polar surface area (TPSA) is 46.3 Å². The van der Waals surface area contributed by atoms with E-state index in [0.29, 0.717) is 13.0 Å². The van der Waals surface area contributed by atoms with Gasteiger partial charge >= 0.3 is 0 Å². The van der Waals surface area contributed by atoms with Crippen molar-refractivity contribution < 1.29 is 13.6 Å². The maximum atomic E-state index is 13.7. The predicted molar refractivity (Wildman–Crippen MR) is 77.4 cm³/mol. The van der Waals surface area contributed by atoms with E-state index in [1.54, 1.807) is 4.90 Å². The zero-order chi connectivity index (χ0) is 15.8. The Morgan fingerprint density at radius 2 is 2.05 bits per heavy atom. The van der Waals surface area contributed by atoms with Gasteiger partial charge in [-0.15, -0.1) is 0 Å². The van der Waals surface area contributed by atoms with Crippen molar-refractivity contribution in [1.82, 2.24) is 4.90 Å². The van der Waals surface area contributed by atoms with Crippen molar-refractivity contribution in [2.75, 3.05) is 13.1 Å². The van der Waals surface area contributed by atoms with E-state index in [9.17, 15) is 13.6 Å². The molecule has 1 saturated heterocycles. The number of likely N-dealkylation sites (tertiary alicyclic amines) is 1. The molecule has 3 nitrogen and oxygen atoms in total. The molecule has 1 aliphatic heterocycles. The Bertz CT molecular complexity index is 540. The van der Waals surface area contributed by atoms with E-state index >= 15 is 0 Å². The molecule has 1 aromatic rings. The second kappa shape index (κ2) is 5.72. The van der Waals surface area contributed by atoms with Gasteiger partial charge in [0.2, 0.25) is 5.91 Å². The van der Waals surface area contributed by atoms with Crippen molar-refractivity contribution in [1.29, 1.82) is 0 Å². The lowest BCUT2D eigenvalue weighted by molar-refractivity contribution is -0.128. The molecule has 1 fully saturated rings. The molecule has 2 unspecified atom stereocenters. The number of carbonyl (C=O) groups excluding carboxylic acids is 1. The van der Waals surface area contributed by atoms with Crippen LogP contribution in [-0.4, -0.2) is 23.9 Å². The van der Waals surface area contributed by atoms with Gasteiger partial charge in [0.05, 0.1) is 6.04 Å². The molecule has 2 N–H and O–H groups in total. The quantitative estimate of drug-likeness (QED) is 0.932. The third kappa shape index (κ3) is 3.59. The van der Waals surface area contributed by atoms with E-state index < -0.39 is 17.7 Å². The third-order valence-corrected chi connectivity index (χ3v) is 4.22. The fraction of sp³-hybridized carbons (Fsp3) is 0.562. The van der Waals surface area contributed by atoms with Gasteiger partial charge in [-0.1, -0.05) is 26.8 Å². The van der Waals surface area contributed by atoms with Gasteiger partial charge in [0.25, 0.3) is 0 Å². The van der Waals surface area contributed by atoms with E-state index in [1.165, 1.54) is 12.1 Å². The number of nitrogens with two attached hydrogens (primary N) is 1. The van der Waals surface area contributed by atoms with Crippen molar-refractivity contribution in [3.63, 3.8) is 0 Å². The number of nitrogens with zero attached hydrogens (tertiary/aromatic N) is 1. The van der Waals surface area contributed by atoms with Gasteiger partial charge < -0.3 is 10.6 Å². The number of hydrogen-bond acceptors (Lipinski definition) is 2. The minimum atomic E-state index is -0.665. The monoisotopic (exact) mass is 296 g/mol. The van der Waals surface area contributed by atoms with Gasteiger partial charge in [-0.2, -0.15) is 0 Å². The average molecular weight is 296 g/mol. The molecule has 5 heteroatoms. The fourth-order valence-corrected chi connectivity index (χ4v) is 2.67. The lowest BCUT2D eigenvalue weighted by atomic mass is 9.80. The summed E-state index contributed by atoms with van der Waals surface area (Å²) < 4.78 is 26.6. The van der Waals surface area contributed by atoms with Gasteiger partial charge in [-0.3, -0.25) is 4.79 Å². The predicted octanol–water partition coefficient (Wildman–Crippen LogP) is 2.86. The normalized spacial score (nSPS) is 21.0. The molecule has 0 spiro atoms. The van der Waals surface area contributed by atoms with Gasteiger partial charge in [0.15, 0.2) is 0 Å². The number of hydrogen-bond donors (Lipinski definition) is 1. The molecule has 2 rings (SSSR count). The van der Waals surface area contributed by atoms with Crippen LogP contribution in [0.15, 0.2) is 18.2 Å². The molecule has 1 amide bonds. The van der Waals surface area contributed by atoms with Crippen molar-refractivity contribution in [3.05, 3.63) is 35.4 Å². The Labute approximate surface area is 124 Å². The van der Waals surface area contributed by atoms with Crippen LogP contribution in [0, 0.1) is 23.0 Å². The summed E-state index contributed by atoms with van der Waals surface area (Å²) in [5.41, 5.74) is 6.28. The van der Waals surface area contributed by atoms with E-state index in [0.717, 1.165) is 6.07 Å². The summed E-state index contributed by atoms with van der Waals surface area (Å²) in [6.07, 6.45) is 0.502. The molecule has 21 heavy (non-hydrogen) atoms. The second-order valence-electron chi connectivity index (χ2n) is 6.84. The first-order valence-corrected chi connectivity index (χ1v) is 7.17. The SMILES string of the molecule is CC(C)(C)C1CC(=O)N(CC(N)c2ccc(F)cc2F)C1. The van der Waals surface area contributed by atoms with E-state index in [-0.39, 0.29) is 29.3 Å². The van der Waals surface area contributed by atoms with E-state index in [4.69, 9.17) is 5.73 Å². The highest BCUT2D eigenvalue weighted by Crippen LogP contribution is 2.34. The Morgan fingerprint density at radius 1 is 1.38 bits per heavy atom. The van der Waals surface area contributed by atoms with Crippen LogP contribution in [0.3, 0.4) is 0 Å². The average Bonchev–Trinajstić information content (AvgIpc) is 2.70. The zero-order valence-corrected chi connectivity index (χ0v) is 12.7. The molecular weight excluding hydrogens is 274 g/mol. The molecule has 0 saturated carbocycles. The first kappa shape index (κ1) is 15.9. The molecule has 116 valence electrons. The van der Waals surface area contributed by atoms with Crippen LogP contribution < -0.4 is 5.73 Å². The van der Waals surface area contributed by atoms with Crippen LogP contribution in [0.4, 0.5) is 8.78 Å². The summed E-state index contributed by atoms with van der Waals surface area (Å²) in [4.78, 5) is 13.7. The van der Waals surface area contributed by atoms with Gasteiger partial charge in [0.1, 0.15) is 11.6 Å². The summed E-state index contributed by atoms with van der Waals surface area (Å²) in [7, 11) is 0.